The second-order valence-corrected chi connectivity index (χ2v) is 4.88. The molecule has 0 aromatic rings. The maximum Gasteiger partial charge on any atom is 0.263 e. The molecule has 1 heterocycles. The first kappa shape index (κ1) is 13.6. The number of amides is 2. The van der Waals surface area contributed by atoms with Crippen molar-refractivity contribution < 1.29 is 9.59 Å². The van der Waals surface area contributed by atoms with E-state index in [0.29, 0.717) is 0 Å². The fourth-order valence-corrected chi connectivity index (χ4v) is 1.36. The van der Waals surface area contributed by atoms with E-state index in [2.05, 4.69) is 0 Å². The number of carbonyl (C=O) groups is 2. The molecule has 0 saturated carbocycles. The predicted octanol–water partition coefficient (Wildman–Crippen LogP) is 2.21. The van der Waals surface area contributed by atoms with E-state index in [1.54, 1.807) is 0 Å². The standard InChI is InChI=1S/C8H6Cl4N2O2/c9-5(10)7(15)13-1-2-14(4-3-13)8(16)6(11)12/h1-6H. The Bertz CT molecular complexity index is 308. The lowest BCUT2D eigenvalue weighted by Gasteiger charge is -2.22. The lowest BCUT2D eigenvalue weighted by molar-refractivity contribution is -0.127. The van der Waals surface area contributed by atoms with Crippen LogP contribution in [0.2, 0.25) is 0 Å². The highest BCUT2D eigenvalue weighted by molar-refractivity contribution is 6.54. The number of carbonyl (C=O) groups excluding carboxylic acids is 2. The quantitative estimate of drug-likeness (QED) is 0.734. The van der Waals surface area contributed by atoms with E-state index in [1.807, 2.05) is 0 Å². The van der Waals surface area contributed by atoms with Crippen molar-refractivity contribution in [2.75, 3.05) is 0 Å². The second kappa shape index (κ2) is 5.77. The third kappa shape index (κ3) is 3.28. The Labute approximate surface area is 112 Å². The first-order valence-corrected chi connectivity index (χ1v) is 5.75. The smallest absolute Gasteiger partial charge is 0.263 e. The molecule has 0 fully saturated rings. The summed E-state index contributed by atoms with van der Waals surface area (Å²) in [5.74, 6) is -1.03. The molecule has 0 aliphatic carbocycles. The van der Waals surface area contributed by atoms with Crippen LogP contribution in [0.5, 0.6) is 0 Å². The Morgan fingerprint density at radius 2 is 1.00 bits per heavy atom. The molecule has 0 unspecified atom stereocenters. The maximum absolute atomic E-state index is 11.3. The van der Waals surface area contributed by atoms with Gasteiger partial charge in [0.15, 0.2) is 9.67 Å². The second-order valence-electron chi connectivity index (χ2n) is 2.69. The third-order valence-corrected chi connectivity index (χ3v) is 2.40. The van der Waals surface area contributed by atoms with Gasteiger partial charge in [0.25, 0.3) is 11.8 Å². The number of alkyl halides is 4. The van der Waals surface area contributed by atoms with Gasteiger partial charge >= 0.3 is 0 Å². The molecule has 0 spiro atoms. The van der Waals surface area contributed by atoms with Gasteiger partial charge in [-0.1, -0.05) is 46.4 Å². The summed E-state index contributed by atoms with van der Waals surface area (Å²) < 4.78 is 0. The molecule has 0 bridgehead atoms. The highest BCUT2D eigenvalue weighted by Gasteiger charge is 2.22. The first-order chi connectivity index (χ1) is 7.43. The summed E-state index contributed by atoms with van der Waals surface area (Å²) in [5, 5.41) is 0. The topological polar surface area (TPSA) is 40.6 Å². The fraction of sp³-hybridized carbons (Fsp3) is 0.250. The summed E-state index contributed by atoms with van der Waals surface area (Å²) in [7, 11) is 0. The van der Waals surface area contributed by atoms with E-state index in [1.165, 1.54) is 24.8 Å². The van der Waals surface area contributed by atoms with Crippen molar-refractivity contribution in [2.45, 2.75) is 9.67 Å². The zero-order valence-corrected chi connectivity index (χ0v) is 10.7. The van der Waals surface area contributed by atoms with Gasteiger partial charge in [-0.05, 0) is 0 Å². The predicted molar refractivity (Wildman–Crippen MR) is 63.0 cm³/mol. The van der Waals surface area contributed by atoms with E-state index in [9.17, 15) is 9.59 Å². The number of hydrogen-bond acceptors (Lipinski definition) is 2. The van der Waals surface area contributed by atoms with E-state index in [0.717, 1.165) is 9.80 Å². The summed E-state index contributed by atoms with van der Waals surface area (Å²) in [6.07, 6.45) is 5.31. The van der Waals surface area contributed by atoms with Gasteiger partial charge in [-0.3, -0.25) is 19.4 Å². The Morgan fingerprint density at radius 1 is 0.750 bits per heavy atom. The summed E-state index contributed by atoms with van der Waals surface area (Å²) in [5.41, 5.74) is 0. The Kier molecular flexibility index (Phi) is 4.92. The van der Waals surface area contributed by atoms with Gasteiger partial charge in [-0.2, -0.15) is 0 Å². The highest BCUT2D eigenvalue weighted by atomic mass is 35.5. The van der Waals surface area contributed by atoms with Crippen LogP contribution in [-0.4, -0.2) is 31.3 Å². The van der Waals surface area contributed by atoms with Gasteiger partial charge in [0.1, 0.15) is 0 Å². The number of nitrogens with zero attached hydrogens (tertiary/aromatic N) is 2. The van der Waals surface area contributed by atoms with Crippen molar-refractivity contribution in [2.24, 2.45) is 0 Å². The number of hydrogen-bond donors (Lipinski definition) is 0. The number of rotatable bonds is 2. The average molecular weight is 304 g/mol. The van der Waals surface area contributed by atoms with Crippen LogP contribution >= 0.6 is 46.4 Å². The molecule has 0 saturated heterocycles. The normalized spacial score (nSPS) is 15.1. The van der Waals surface area contributed by atoms with Crippen molar-refractivity contribution in [3.8, 4) is 0 Å². The molecule has 1 aliphatic heterocycles. The van der Waals surface area contributed by atoms with Crippen LogP contribution in [0.15, 0.2) is 24.8 Å². The number of halogens is 4. The molecule has 0 N–H and O–H groups in total. The Morgan fingerprint density at radius 3 is 1.19 bits per heavy atom. The minimum Gasteiger partial charge on any atom is -0.289 e. The lowest BCUT2D eigenvalue weighted by Crippen LogP contribution is -2.33. The minimum atomic E-state index is -1.16. The van der Waals surface area contributed by atoms with E-state index >= 15 is 0 Å². The van der Waals surface area contributed by atoms with E-state index < -0.39 is 21.5 Å². The van der Waals surface area contributed by atoms with Crippen LogP contribution in [0.25, 0.3) is 0 Å². The molecule has 8 heteroatoms. The van der Waals surface area contributed by atoms with Crippen molar-refractivity contribution >= 4 is 58.2 Å². The van der Waals surface area contributed by atoms with Crippen LogP contribution in [0, 0.1) is 0 Å². The molecule has 0 radical (unpaired) electrons. The van der Waals surface area contributed by atoms with Crippen molar-refractivity contribution in [3.05, 3.63) is 24.8 Å². The van der Waals surface area contributed by atoms with Crippen molar-refractivity contribution in [3.63, 3.8) is 0 Å². The molecule has 2 amide bonds. The van der Waals surface area contributed by atoms with Crippen LogP contribution < -0.4 is 0 Å². The SMILES string of the molecule is O=C(C(Cl)Cl)N1C=CN(C(=O)C(Cl)Cl)C=C1. The van der Waals surface area contributed by atoms with Crippen molar-refractivity contribution in [1.82, 2.24) is 9.80 Å². The van der Waals surface area contributed by atoms with Gasteiger partial charge in [0.2, 0.25) is 0 Å². The largest absolute Gasteiger partial charge is 0.289 e. The zero-order chi connectivity index (χ0) is 12.3. The zero-order valence-electron chi connectivity index (χ0n) is 7.69. The van der Waals surface area contributed by atoms with Crippen LogP contribution in [0.3, 0.4) is 0 Å². The molecular weight excluding hydrogens is 298 g/mol. The van der Waals surface area contributed by atoms with Gasteiger partial charge in [0.05, 0.1) is 0 Å². The fourth-order valence-electron chi connectivity index (χ4n) is 0.906. The minimum absolute atomic E-state index is 0.517. The maximum atomic E-state index is 11.3. The molecule has 0 atom stereocenters. The van der Waals surface area contributed by atoms with Gasteiger partial charge < -0.3 is 0 Å². The molecule has 4 nitrogen and oxygen atoms in total. The summed E-state index contributed by atoms with van der Waals surface area (Å²) in [6.45, 7) is 0. The summed E-state index contributed by atoms with van der Waals surface area (Å²) >= 11 is 21.6. The van der Waals surface area contributed by atoms with E-state index in [4.69, 9.17) is 46.4 Å². The van der Waals surface area contributed by atoms with Crippen LogP contribution in [0.4, 0.5) is 0 Å². The Hall–Kier alpha value is -0.420. The summed E-state index contributed by atoms with van der Waals surface area (Å²) in [4.78, 5) is 22.6. The van der Waals surface area contributed by atoms with Gasteiger partial charge in [0, 0.05) is 24.8 Å². The molecule has 0 aromatic heterocycles. The van der Waals surface area contributed by atoms with Crippen LogP contribution in [0.1, 0.15) is 0 Å². The average Bonchev–Trinajstić information content (AvgIpc) is 2.27. The van der Waals surface area contributed by atoms with Gasteiger partial charge in [-0.15, -0.1) is 0 Å². The molecule has 0 aromatic carbocycles. The van der Waals surface area contributed by atoms with Gasteiger partial charge in [-0.25, -0.2) is 0 Å². The van der Waals surface area contributed by atoms with E-state index in [-0.39, 0.29) is 0 Å². The molecule has 88 valence electrons. The lowest BCUT2D eigenvalue weighted by atomic mass is 10.4. The van der Waals surface area contributed by atoms with Crippen molar-refractivity contribution in [1.29, 1.82) is 0 Å². The van der Waals surface area contributed by atoms with Crippen LogP contribution in [-0.2, 0) is 9.59 Å². The third-order valence-electron chi connectivity index (χ3n) is 1.66. The summed E-state index contributed by atoms with van der Waals surface area (Å²) in [6, 6.07) is 0. The highest BCUT2D eigenvalue weighted by Crippen LogP contribution is 2.14. The first-order valence-electron chi connectivity index (χ1n) is 4.01. The Balaban J connectivity index is 2.66. The molecule has 1 rings (SSSR count). The molecular formula is C8H6Cl4N2O2. The molecule has 1 aliphatic rings. The molecule has 16 heavy (non-hydrogen) atoms. The monoisotopic (exact) mass is 302 g/mol.